The molecular formula is C20H21N3O4. The van der Waals surface area contributed by atoms with Gasteiger partial charge in [0.05, 0.1) is 11.2 Å². The van der Waals surface area contributed by atoms with Crippen LogP contribution in [0.25, 0.3) is 17.0 Å². The highest BCUT2D eigenvalue weighted by Crippen LogP contribution is 2.17. The van der Waals surface area contributed by atoms with Crippen LogP contribution in [0.15, 0.2) is 42.5 Å². The van der Waals surface area contributed by atoms with E-state index < -0.39 is 30.4 Å². The number of hydrogen-bond donors (Lipinski definition) is 1. The number of carbonyl (C=O) groups is 3. The fourth-order valence-corrected chi connectivity index (χ4v) is 3.12. The fraction of sp³-hybridized carbons (Fsp3) is 0.300. The molecule has 7 nitrogen and oxygen atoms in total. The minimum atomic E-state index is -0.647. The number of esters is 1. The molecular weight excluding hydrogens is 346 g/mol. The van der Waals surface area contributed by atoms with Crippen molar-refractivity contribution in [1.82, 2.24) is 9.88 Å². The first kappa shape index (κ1) is 18.6. The molecule has 0 bridgehead atoms. The van der Waals surface area contributed by atoms with E-state index in [4.69, 9.17) is 10.5 Å². The Hall–Kier alpha value is -3.22. The van der Waals surface area contributed by atoms with Gasteiger partial charge in [0, 0.05) is 18.0 Å². The number of nitrogens with two attached hydrogens (primary N) is 1. The van der Waals surface area contributed by atoms with Crippen LogP contribution in [-0.2, 0) is 19.1 Å². The molecule has 3 rings (SSSR count). The highest BCUT2D eigenvalue weighted by molar-refractivity contribution is 5.91. The summed E-state index contributed by atoms with van der Waals surface area (Å²) in [5.74, 6) is -1.59. The largest absolute Gasteiger partial charge is 0.452 e. The van der Waals surface area contributed by atoms with Gasteiger partial charge in [-0.05, 0) is 37.5 Å². The summed E-state index contributed by atoms with van der Waals surface area (Å²) in [6, 6.07) is 10.7. The Morgan fingerprint density at radius 1 is 1.19 bits per heavy atom. The van der Waals surface area contributed by atoms with Gasteiger partial charge in [0.2, 0.25) is 5.91 Å². The van der Waals surface area contributed by atoms with Crippen molar-refractivity contribution >= 4 is 34.8 Å². The van der Waals surface area contributed by atoms with Crippen molar-refractivity contribution in [3.8, 4) is 0 Å². The van der Waals surface area contributed by atoms with E-state index in [1.165, 1.54) is 17.1 Å². The van der Waals surface area contributed by atoms with Crippen molar-refractivity contribution < 1.29 is 19.1 Å². The first-order valence-corrected chi connectivity index (χ1v) is 8.84. The molecule has 1 fully saturated rings. The molecule has 0 unspecified atom stereocenters. The van der Waals surface area contributed by atoms with Crippen molar-refractivity contribution in [3.63, 3.8) is 0 Å². The van der Waals surface area contributed by atoms with E-state index in [1.54, 1.807) is 6.07 Å². The molecule has 2 amide bonds. The number of fused-ring (bicyclic) bond motifs is 1. The minimum Gasteiger partial charge on any atom is -0.452 e. The summed E-state index contributed by atoms with van der Waals surface area (Å²) >= 11 is 0. The standard InChI is InChI=1S/C20H21N3O4/c21-20(26)17-7-3-4-12-23(17)18(24)13-27-19(25)11-10-15-9-8-14-5-1-2-6-16(14)22-15/h1-2,5-6,8-11,17H,3-4,7,12-13H2,(H2,21,26)/b11-10+/t17-/m0/s1. The fourth-order valence-electron chi connectivity index (χ4n) is 3.12. The number of pyridine rings is 1. The Morgan fingerprint density at radius 2 is 2.00 bits per heavy atom. The molecule has 0 radical (unpaired) electrons. The van der Waals surface area contributed by atoms with E-state index >= 15 is 0 Å². The van der Waals surface area contributed by atoms with Gasteiger partial charge in [-0.15, -0.1) is 0 Å². The third-order valence-electron chi connectivity index (χ3n) is 4.50. The molecule has 1 saturated heterocycles. The van der Waals surface area contributed by atoms with E-state index in [0.29, 0.717) is 18.7 Å². The SMILES string of the molecule is NC(=O)[C@@H]1CCCCN1C(=O)COC(=O)/C=C/c1ccc2ccccc2n1. The number of para-hydroxylation sites is 1. The highest BCUT2D eigenvalue weighted by atomic mass is 16.5. The molecule has 1 aromatic carbocycles. The molecule has 140 valence electrons. The minimum absolute atomic E-state index is 0.413. The summed E-state index contributed by atoms with van der Waals surface area (Å²) in [7, 11) is 0. The summed E-state index contributed by atoms with van der Waals surface area (Å²) in [6.45, 7) is 0.0267. The zero-order chi connectivity index (χ0) is 19.2. The summed E-state index contributed by atoms with van der Waals surface area (Å²) in [4.78, 5) is 41.4. The average Bonchev–Trinajstić information content (AvgIpc) is 2.70. The number of amides is 2. The van der Waals surface area contributed by atoms with Crippen molar-refractivity contribution in [2.75, 3.05) is 13.2 Å². The lowest BCUT2D eigenvalue weighted by molar-refractivity contribution is -0.151. The van der Waals surface area contributed by atoms with Crippen molar-refractivity contribution in [1.29, 1.82) is 0 Å². The third kappa shape index (κ3) is 4.69. The number of piperidine rings is 1. The molecule has 0 aliphatic carbocycles. The Bertz CT molecular complexity index is 894. The van der Waals surface area contributed by atoms with Gasteiger partial charge in [0.1, 0.15) is 6.04 Å². The molecule has 1 aliphatic heterocycles. The lowest BCUT2D eigenvalue weighted by Crippen LogP contribution is -2.51. The van der Waals surface area contributed by atoms with E-state index in [9.17, 15) is 14.4 Å². The molecule has 0 saturated carbocycles. The van der Waals surface area contributed by atoms with Crippen LogP contribution in [0.1, 0.15) is 25.0 Å². The van der Waals surface area contributed by atoms with Crippen molar-refractivity contribution in [3.05, 3.63) is 48.2 Å². The van der Waals surface area contributed by atoms with Crippen LogP contribution in [0.3, 0.4) is 0 Å². The number of hydrogen-bond acceptors (Lipinski definition) is 5. The number of carbonyl (C=O) groups excluding carboxylic acids is 3. The normalized spacial score (nSPS) is 17.2. The predicted molar refractivity (Wildman–Crippen MR) is 100 cm³/mol. The lowest BCUT2D eigenvalue weighted by atomic mass is 10.0. The molecule has 0 spiro atoms. The van der Waals surface area contributed by atoms with Crippen LogP contribution < -0.4 is 5.73 Å². The summed E-state index contributed by atoms with van der Waals surface area (Å²) in [6.07, 6.45) is 4.96. The van der Waals surface area contributed by atoms with Crippen LogP contribution in [0, 0.1) is 0 Å². The van der Waals surface area contributed by atoms with Gasteiger partial charge >= 0.3 is 5.97 Å². The lowest BCUT2D eigenvalue weighted by Gasteiger charge is -2.33. The number of rotatable bonds is 5. The first-order valence-electron chi connectivity index (χ1n) is 8.84. The Balaban J connectivity index is 1.56. The third-order valence-corrected chi connectivity index (χ3v) is 4.50. The number of primary amides is 1. The van der Waals surface area contributed by atoms with E-state index in [0.717, 1.165) is 23.7 Å². The highest BCUT2D eigenvalue weighted by Gasteiger charge is 2.30. The maximum absolute atomic E-state index is 12.2. The summed E-state index contributed by atoms with van der Waals surface area (Å²) in [5.41, 5.74) is 6.78. The number of nitrogens with zero attached hydrogens (tertiary/aromatic N) is 2. The van der Waals surface area contributed by atoms with E-state index in [1.807, 2.05) is 30.3 Å². The maximum atomic E-state index is 12.2. The summed E-state index contributed by atoms with van der Waals surface area (Å²) in [5, 5.41) is 1.01. The Morgan fingerprint density at radius 3 is 2.81 bits per heavy atom. The van der Waals surface area contributed by atoms with Gasteiger partial charge < -0.3 is 15.4 Å². The zero-order valence-electron chi connectivity index (χ0n) is 14.8. The number of likely N-dealkylation sites (tertiary alicyclic amines) is 1. The number of benzene rings is 1. The van der Waals surface area contributed by atoms with Crippen LogP contribution >= 0.6 is 0 Å². The van der Waals surface area contributed by atoms with Gasteiger partial charge in [-0.1, -0.05) is 24.3 Å². The Labute approximate surface area is 156 Å². The smallest absolute Gasteiger partial charge is 0.331 e. The second kappa shape index (κ2) is 8.44. The second-order valence-corrected chi connectivity index (χ2v) is 6.37. The molecule has 27 heavy (non-hydrogen) atoms. The first-order chi connectivity index (χ1) is 13.0. The maximum Gasteiger partial charge on any atom is 0.331 e. The summed E-state index contributed by atoms with van der Waals surface area (Å²) < 4.78 is 5.00. The predicted octanol–water partition coefficient (Wildman–Crippen LogP) is 1.66. The molecule has 7 heteroatoms. The van der Waals surface area contributed by atoms with Crippen molar-refractivity contribution in [2.24, 2.45) is 5.73 Å². The zero-order valence-corrected chi connectivity index (χ0v) is 14.8. The monoisotopic (exact) mass is 367 g/mol. The van der Waals surface area contributed by atoms with E-state index in [2.05, 4.69) is 4.98 Å². The van der Waals surface area contributed by atoms with Crippen LogP contribution in [-0.4, -0.2) is 46.9 Å². The average molecular weight is 367 g/mol. The number of ether oxygens (including phenoxy) is 1. The molecule has 2 aromatic rings. The molecule has 1 atom stereocenters. The van der Waals surface area contributed by atoms with Gasteiger partial charge in [-0.2, -0.15) is 0 Å². The number of aromatic nitrogens is 1. The molecule has 2 heterocycles. The van der Waals surface area contributed by atoms with Gasteiger partial charge in [-0.3, -0.25) is 9.59 Å². The van der Waals surface area contributed by atoms with Crippen LogP contribution in [0.5, 0.6) is 0 Å². The quantitative estimate of drug-likeness (QED) is 0.639. The molecule has 1 aliphatic rings. The van der Waals surface area contributed by atoms with Crippen molar-refractivity contribution in [2.45, 2.75) is 25.3 Å². The van der Waals surface area contributed by atoms with Gasteiger partial charge in [0.15, 0.2) is 6.61 Å². The molecule has 1 aromatic heterocycles. The van der Waals surface area contributed by atoms with Crippen LogP contribution in [0.4, 0.5) is 0 Å². The molecule has 2 N–H and O–H groups in total. The topological polar surface area (TPSA) is 103 Å². The Kier molecular flexibility index (Phi) is 5.80. The van der Waals surface area contributed by atoms with Gasteiger partial charge in [-0.25, -0.2) is 9.78 Å². The van der Waals surface area contributed by atoms with Crippen LogP contribution in [0.2, 0.25) is 0 Å². The second-order valence-electron chi connectivity index (χ2n) is 6.37. The van der Waals surface area contributed by atoms with E-state index in [-0.39, 0.29) is 0 Å². The van der Waals surface area contributed by atoms with Gasteiger partial charge in [0.25, 0.3) is 5.91 Å².